The van der Waals surface area contributed by atoms with Crippen molar-refractivity contribution in [2.45, 2.75) is 25.7 Å². The number of benzene rings is 1. The summed E-state index contributed by atoms with van der Waals surface area (Å²) in [6.45, 7) is 0. The summed E-state index contributed by atoms with van der Waals surface area (Å²) < 4.78 is 2.10. The number of anilines is 1. The molecule has 1 aromatic carbocycles. The second-order valence-corrected chi connectivity index (χ2v) is 7.47. The highest BCUT2D eigenvalue weighted by Gasteiger charge is 2.43. The summed E-state index contributed by atoms with van der Waals surface area (Å²) in [6, 6.07) is 5.99. The lowest BCUT2D eigenvalue weighted by atomic mass is 9.88. The lowest BCUT2D eigenvalue weighted by Gasteiger charge is -2.21. The Morgan fingerprint density at radius 3 is 2.83 bits per heavy atom. The molecule has 1 amide bonds. The van der Waals surface area contributed by atoms with E-state index in [2.05, 4.69) is 43.8 Å². The van der Waals surface area contributed by atoms with Gasteiger partial charge in [-0.25, -0.2) is 0 Å². The molecular formula is C14H15BrINO. The molecule has 96 valence electrons. The van der Waals surface area contributed by atoms with Crippen LogP contribution in [0.5, 0.6) is 0 Å². The number of carbonyl (C=O) groups excluding carboxylic acids is 1. The Labute approximate surface area is 129 Å². The van der Waals surface area contributed by atoms with E-state index in [1.54, 1.807) is 0 Å². The maximum Gasteiger partial charge on any atom is 0.227 e. The predicted molar refractivity (Wildman–Crippen MR) is 84.4 cm³/mol. The van der Waals surface area contributed by atoms with Crippen molar-refractivity contribution in [3.63, 3.8) is 0 Å². The van der Waals surface area contributed by atoms with Crippen LogP contribution in [0.4, 0.5) is 5.69 Å². The average molecular weight is 420 g/mol. The third-order valence-electron chi connectivity index (χ3n) is 4.26. The summed E-state index contributed by atoms with van der Waals surface area (Å²) in [5.74, 6) is 1.92. The van der Waals surface area contributed by atoms with Gasteiger partial charge in [-0.3, -0.25) is 4.79 Å². The van der Waals surface area contributed by atoms with Gasteiger partial charge in [0.1, 0.15) is 0 Å². The van der Waals surface area contributed by atoms with Crippen LogP contribution in [0, 0.1) is 21.3 Å². The summed E-state index contributed by atoms with van der Waals surface area (Å²) in [6.07, 6.45) is 4.95. The van der Waals surface area contributed by atoms with E-state index in [1.165, 1.54) is 19.3 Å². The van der Waals surface area contributed by atoms with Gasteiger partial charge in [-0.15, -0.1) is 0 Å². The summed E-state index contributed by atoms with van der Waals surface area (Å²) in [4.78, 5) is 12.3. The minimum Gasteiger partial charge on any atom is -0.325 e. The summed E-state index contributed by atoms with van der Waals surface area (Å²) in [5, 5.41) is 3.10. The van der Waals surface area contributed by atoms with Crippen LogP contribution in [0.1, 0.15) is 25.7 Å². The van der Waals surface area contributed by atoms with Crippen LogP contribution in [0.2, 0.25) is 0 Å². The maximum atomic E-state index is 12.3. The fraction of sp³-hybridized carbons (Fsp3) is 0.500. The second kappa shape index (κ2) is 5.12. The highest BCUT2D eigenvalue weighted by molar-refractivity contribution is 14.1. The largest absolute Gasteiger partial charge is 0.325 e. The van der Waals surface area contributed by atoms with Gasteiger partial charge in [-0.05, 0) is 71.9 Å². The van der Waals surface area contributed by atoms with E-state index in [9.17, 15) is 4.79 Å². The van der Waals surface area contributed by atoms with Crippen molar-refractivity contribution in [3.8, 4) is 0 Å². The zero-order valence-corrected chi connectivity index (χ0v) is 13.7. The lowest BCUT2D eigenvalue weighted by Crippen LogP contribution is -2.27. The molecule has 2 saturated carbocycles. The van der Waals surface area contributed by atoms with Crippen LogP contribution in [0.15, 0.2) is 22.7 Å². The first-order valence-corrected chi connectivity index (χ1v) is 8.26. The van der Waals surface area contributed by atoms with Crippen molar-refractivity contribution in [2.24, 2.45) is 17.8 Å². The highest BCUT2D eigenvalue weighted by Crippen LogP contribution is 2.48. The molecule has 2 aliphatic rings. The third kappa shape index (κ3) is 2.46. The van der Waals surface area contributed by atoms with E-state index < -0.39 is 0 Å². The molecule has 0 unspecified atom stereocenters. The van der Waals surface area contributed by atoms with Crippen molar-refractivity contribution in [3.05, 3.63) is 26.2 Å². The number of hydrogen-bond donors (Lipinski definition) is 1. The van der Waals surface area contributed by atoms with Crippen LogP contribution in [-0.2, 0) is 4.79 Å². The predicted octanol–water partition coefficient (Wildman–Crippen LogP) is 4.43. The zero-order valence-electron chi connectivity index (χ0n) is 9.96. The summed E-state index contributed by atoms with van der Waals surface area (Å²) >= 11 is 5.71. The smallest absolute Gasteiger partial charge is 0.227 e. The molecule has 0 spiro atoms. The monoisotopic (exact) mass is 419 g/mol. The number of fused-ring (bicyclic) bond motifs is 2. The Bertz CT molecular complexity index is 491. The number of nitrogens with one attached hydrogen (secondary N) is 1. The van der Waals surface area contributed by atoms with Gasteiger partial charge in [0.15, 0.2) is 0 Å². The summed E-state index contributed by atoms with van der Waals surface area (Å²) in [5.41, 5.74) is 0.928. The Morgan fingerprint density at radius 2 is 2.17 bits per heavy atom. The third-order valence-corrected chi connectivity index (χ3v) is 5.70. The molecule has 2 bridgehead atoms. The van der Waals surface area contributed by atoms with Gasteiger partial charge in [0.05, 0.1) is 5.69 Å². The molecule has 0 heterocycles. The van der Waals surface area contributed by atoms with Gasteiger partial charge < -0.3 is 5.32 Å². The van der Waals surface area contributed by atoms with Gasteiger partial charge >= 0.3 is 0 Å². The SMILES string of the molecule is O=C(Nc1cc(Br)ccc1I)[C@@H]1C[C@H]2CC[C@H]1C2. The van der Waals surface area contributed by atoms with Crippen molar-refractivity contribution in [2.75, 3.05) is 5.32 Å². The van der Waals surface area contributed by atoms with Crippen LogP contribution in [0.25, 0.3) is 0 Å². The topological polar surface area (TPSA) is 29.1 Å². The Balaban J connectivity index is 1.72. The first kappa shape index (κ1) is 12.9. The minimum absolute atomic E-state index is 0.221. The number of amides is 1. The quantitative estimate of drug-likeness (QED) is 0.706. The van der Waals surface area contributed by atoms with E-state index in [0.717, 1.165) is 26.1 Å². The van der Waals surface area contributed by atoms with Crippen molar-refractivity contribution in [1.29, 1.82) is 0 Å². The van der Waals surface area contributed by atoms with E-state index in [4.69, 9.17) is 0 Å². The molecule has 2 aliphatic carbocycles. The molecule has 1 N–H and O–H groups in total. The Kier molecular flexibility index (Phi) is 3.67. The molecule has 0 aliphatic heterocycles. The molecule has 4 heteroatoms. The van der Waals surface area contributed by atoms with Crippen LogP contribution in [-0.4, -0.2) is 5.91 Å². The number of hydrogen-bond acceptors (Lipinski definition) is 1. The molecule has 2 nitrogen and oxygen atoms in total. The molecule has 0 aromatic heterocycles. The van der Waals surface area contributed by atoms with Crippen molar-refractivity contribution < 1.29 is 4.79 Å². The fourth-order valence-electron chi connectivity index (χ4n) is 3.38. The fourth-order valence-corrected chi connectivity index (χ4v) is 4.22. The Morgan fingerprint density at radius 1 is 1.33 bits per heavy atom. The Hall–Kier alpha value is -0.100. The second-order valence-electron chi connectivity index (χ2n) is 5.39. The lowest BCUT2D eigenvalue weighted by molar-refractivity contribution is -0.121. The highest BCUT2D eigenvalue weighted by atomic mass is 127. The van der Waals surface area contributed by atoms with Crippen molar-refractivity contribution in [1.82, 2.24) is 0 Å². The first-order valence-electron chi connectivity index (χ1n) is 6.39. The van der Waals surface area contributed by atoms with E-state index >= 15 is 0 Å². The van der Waals surface area contributed by atoms with Gasteiger partial charge in [-0.2, -0.15) is 0 Å². The molecule has 1 aromatic rings. The zero-order chi connectivity index (χ0) is 12.7. The van der Waals surface area contributed by atoms with Gasteiger partial charge in [0.25, 0.3) is 0 Å². The van der Waals surface area contributed by atoms with Crippen LogP contribution >= 0.6 is 38.5 Å². The van der Waals surface area contributed by atoms with E-state index in [1.807, 2.05) is 18.2 Å². The molecule has 18 heavy (non-hydrogen) atoms. The van der Waals surface area contributed by atoms with Crippen LogP contribution in [0.3, 0.4) is 0 Å². The normalized spacial score (nSPS) is 29.6. The molecule has 0 radical (unpaired) electrons. The standard InChI is InChI=1S/C14H15BrINO/c15-10-3-4-12(16)13(7-10)17-14(18)11-6-8-1-2-9(11)5-8/h3-4,7-9,11H,1-2,5-6H2,(H,17,18)/t8-,9-,11+/m0/s1. The van der Waals surface area contributed by atoms with Gasteiger partial charge in [0, 0.05) is 14.0 Å². The number of halogens is 2. The number of rotatable bonds is 2. The van der Waals surface area contributed by atoms with Crippen LogP contribution < -0.4 is 5.32 Å². The minimum atomic E-state index is 0.221. The molecule has 0 saturated heterocycles. The first-order chi connectivity index (χ1) is 8.63. The van der Waals surface area contributed by atoms with Gasteiger partial charge in [-0.1, -0.05) is 22.4 Å². The average Bonchev–Trinajstić information content (AvgIpc) is 2.96. The van der Waals surface area contributed by atoms with Gasteiger partial charge in [0.2, 0.25) is 5.91 Å². The molecule has 2 fully saturated rings. The summed E-state index contributed by atoms with van der Waals surface area (Å²) in [7, 11) is 0. The van der Waals surface area contributed by atoms with E-state index in [-0.39, 0.29) is 11.8 Å². The van der Waals surface area contributed by atoms with E-state index in [0.29, 0.717) is 5.92 Å². The maximum absolute atomic E-state index is 12.3. The molecular weight excluding hydrogens is 405 g/mol. The van der Waals surface area contributed by atoms with Crippen molar-refractivity contribution >= 4 is 50.1 Å². The molecule has 3 rings (SSSR count). The number of carbonyl (C=O) groups is 1. The molecule has 3 atom stereocenters.